The van der Waals surface area contributed by atoms with Crippen molar-refractivity contribution >= 4 is 48.4 Å². The fraction of sp³-hybridized carbons (Fsp3) is 0.400. The standard InChI is InChI=1S/C20H23NO8S2.2Na/c1-12-20(2,9-5-3-4-6-18(22)23)19-15-10-13(30(24,25)26)11-17(31(27,28)29)14(15)7-8-16(19)21-12;;/h7-8,10-11H,3-6,9H2,1-2H3,(H,22,23)(H,24,25,26)(H,27,28,29);;/q;2*+1/p-2. The first-order chi connectivity index (χ1) is 14.2. The van der Waals surface area contributed by atoms with Crippen molar-refractivity contribution < 1.29 is 95.0 Å². The first kappa shape index (κ1) is 30.7. The average molecular weight is 514 g/mol. The zero-order valence-electron chi connectivity index (χ0n) is 18.9. The van der Waals surface area contributed by atoms with Gasteiger partial charge in [-0.2, -0.15) is 0 Å². The number of carboxylic acid groups (broad SMARTS) is 1. The van der Waals surface area contributed by atoms with Gasteiger partial charge in [0.25, 0.3) is 0 Å². The van der Waals surface area contributed by atoms with Gasteiger partial charge < -0.3 is 14.2 Å². The Balaban J connectivity index is 0.00000272. The van der Waals surface area contributed by atoms with Crippen LogP contribution in [0.25, 0.3) is 10.8 Å². The van der Waals surface area contributed by atoms with Gasteiger partial charge in [0.2, 0.25) is 0 Å². The number of carbonyl (C=O) groups is 1. The van der Waals surface area contributed by atoms with Gasteiger partial charge in [-0.05, 0) is 54.3 Å². The third-order valence-corrected chi connectivity index (χ3v) is 7.50. The summed E-state index contributed by atoms with van der Waals surface area (Å²) in [6.07, 6.45) is 2.40. The number of fused-ring (bicyclic) bond motifs is 3. The summed E-state index contributed by atoms with van der Waals surface area (Å²) in [5, 5.41) is 8.99. The Bertz CT molecular complexity index is 1320. The fourth-order valence-electron chi connectivity index (χ4n) is 4.11. The molecule has 0 spiro atoms. The van der Waals surface area contributed by atoms with E-state index in [1.54, 1.807) is 13.0 Å². The molecule has 2 aromatic rings. The zero-order chi connectivity index (χ0) is 23.2. The smallest absolute Gasteiger partial charge is 0.744 e. The van der Waals surface area contributed by atoms with Crippen molar-refractivity contribution in [1.82, 2.24) is 0 Å². The molecule has 0 radical (unpaired) electrons. The second-order valence-electron chi connectivity index (χ2n) is 7.87. The minimum Gasteiger partial charge on any atom is -0.744 e. The summed E-state index contributed by atoms with van der Waals surface area (Å²) in [6.45, 7) is 3.67. The Morgan fingerprint density at radius 3 is 2.18 bits per heavy atom. The van der Waals surface area contributed by atoms with E-state index < -0.39 is 41.4 Å². The molecule has 0 amide bonds. The average Bonchev–Trinajstić information content (AvgIpc) is 2.89. The number of benzene rings is 2. The van der Waals surface area contributed by atoms with Gasteiger partial charge >= 0.3 is 65.1 Å². The molecule has 168 valence electrons. The molecule has 1 N–H and O–H groups in total. The molecule has 1 aliphatic rings. The van der Waals surface area contributed by atoms with Crippen molar-refractivity contribution in [2.75, 3.05) is 0 Å². The van der Waals surface area contributed by atoms with Crippen LogP contribution in [0.5, 0.6) is 0 Å². The number of unbranched alkanes of at least 4 members (excludes halogenated alkanes) is 2. The molecule has 9 nitrogen and oxygen atoms in total. The van der Waals surface area contributed by atoms with E-state index >= 15 is 0 Å². The Kier molecular flexibility index (Phi) is 10.4. The number of rotatable bonds is 8. The molecule has 0 aromatic heterocycles. The summed E-state index contributed by atoms with van der Waals surface area (Å²) in [6, 6.07) is 4.65. The van der Waals surface area contributed by atoms with E-state index in [1.165, 1.54) is 6.07 Å². The predicted octanol–water partition coefficient (Wildman–Crippen LogP) is -2.95. The number of hydrogen-bond donors (Lipinski definition) is 1. The van der Waals surface area contributed by atoms with E-state index in [1.807, 2.05) is 6.92 Å². The van der Waals surface area contributed by atoms with Gasteiger partial charge in [0.15, 0.2) is 0 Å². The summed E-state index contributed by atoms with van der Waals surface area (Å²) in [5.74, 6) is -0.876. The van der Waals surface area contributed by atoms with Crippen LogP contribution >= 0.6 is 0 Å². The van der Waals surface area contributed by atoms with Crippen LogP contribution in [0.2, 0.25) is 0 Å². The molecular weight excluding hydrogens is 492 g/mol. The molecule has 1 aliphatic heterocycles. The second-order valence-corrected chi connectivity index (χ2v) is 10.6. The van der Waals surface area contributed by atoms with E-state index in [2.05, 4.69) is 4.99 Å². The van der Waals surface area contributed by atoms with Gasteiger partial charge in [-0.3, -0.25) is 9.79 Å². The van der Waals surface area contributed by atoms with Crippen LogP contribution in [0.3, 0.4) is 0 Å². The van der Waals surface area contributed by atoms with Crippen molar-refractivity contribution in [2.45, 2.75) is 61.2 Å². The van der Waals surface area contributed by atoms with Crippen LogP contribution in [0, 0.1) is 0 Å². The molecule has 0 saturated carbocycles. The quantitative estimate of drug-likeness (QED) is 0.222. The fourth-order valence-corrected chi connectivity index (χ4v) is 5.43. The van der Waals surface area contributed by atoms with Crippen LogP contribution in [0.15, 0.2) is 39.0 Å². The Labute approximate surface area is 237 Å². The van der Waals surface area contributed by atoms with Gasteiger partial charge in [-0.15, -0.1) is 0 Å². The van der Waals surface area contributed by atoms with Gasteiger partial charge in [0.1, 0.15) is 20.2 Å². The van der Waals surface area contributed by atoms with Crippen LogP contribution in [0.4, 0.5) is 5.69 Å². The normalized spacial score (nSPS) is 17.6. The van der Waals surface area contributed by atoms with Crippen LogP contribution in [-0.4, -0.2) is 42.7 Å². The maximum atomic E-state index is 11.8. The number of aliphatic imine (C=N–C) groups is 1. The van der Waals surface area contributed by atoms with E-state index in [0.717, 1.165) is 11.8 Å². The molecule has 0 fully saturated rings. The van der Waals surface area contributed by atoms with Crippen molar-refractivity contribution in [3.8, 4) is 0 Å². The summed E-state index contributed by atoms with van der Waals surface area (Å²) in [7, 11) is -10.1. The molecule has 13 heteroatoms. The van der Waals surface area contributed by atoms with Crippen molar-refractivity contribution in [3.63, 3.8) is 0 Å². The molecule has 1 unspecified atom stereocenters. The van der Waals surface area contributed by atoms with Crippen LogP contribution in [-0.2, 0) is 30.4 Å². The zero-order valence-corrected chi connectivity index (χ0v) is 24.5. The number of aliphatic carboxylic acids is 1. The molecule has 1 atom stereocenters. The summed E-state index contributed by atoms with van der Waals surface area (Å²) >= 11 is 0. The van der Waals surface area contributed by atoms with Gasteiger partial charge in [0.05, 0.1) is 15.5 Å². The van der Waals surface area contributed by atoms with E-state index in [4.69, 9.17) is 5.11 Å². The molecule has 1 heterocycles. The second kappa shape index (κ2) is 11.2. The predicted molar refractivity (Wildman–Crippen MR) is 111 cm³/mol. The van der Waals surface area contributed by atoms with Crippen LogP contribution < -0.4 is 59.1 Å². The summed E-state index contributed by atoms with van der Waals surface area (Å²) in [5.41, 5.74) is 1.08. The Morgan fingerprint density at radius 1 is 1.00 bits per heavy atom. The number of hydrogen-bond acceptors (Lipinski definition) is 8. The van der Waals surface area contributed by atoms with Crippen molar-refractivity contribution in [3.05, 3.63) is 29.8 Å². The monoisotopic (exact) mass is 513 g/mol. The third-order valence-electron chi connectivity index (χ3n) is 5.81. The Hall–Kier alpha value is -0.340. The molecule has 0 saturated heterocycles. The molecule has 3 rings (SSSR count). The van der Waals surface area contributed by atoms with E-state index in [-0.39, 0.29) is 76.3 Å². The van der Waals surface area contributed by atoms with Crippen molar-refractivity contribution in [2.24, 2.45) is 4.99 Å². The third kappa shape index (κ3) is 6.46. The van der Waals surface area contributed by atoms with Gasteiger partial charge in [-0.25, -0.2) is 16.8 Å². The van der Waals surface area contributed by atoms with Gasteiger partial charge in [0, 0.05) is 17.5 Å². The molecule has 2 aromatic carbocycles. The van der Waals surface area contributed by atoms with Crippen molar-refractivity contribution in [1.29, 1.82) is 0 Å². The number of carboxylic acids is 1. The summed E-state index contributed by atoms with van der Waals surface area (Å²) in [4.78, 5) is 13.7. The Morgan fingerprint density at radius 2 is 1.64 bits per heavy atom. The molecule has 0 bridgehead atoms. The maximum Gasteiger partial charge on any atom is 1.00 e. The minimum atomic E-state index is -5.06. The number of nitrogens with zero attached hydrogens (tertiary/aromatic N) is 1. The maximum absolute atomic E-state index is 11.8. The van der Waals surface area contributed by atoms with E-state index in [9.17, 15) is 30.7 Å². The first-order valence-electron chi connectivity index (χ1n) is 9.56. The SMILES string of the molecule is CC1=Nc2ccc3c(S(=O)(=O)[O-])cc(S(=O)(=O)[O-])cc3c2C1(C)CCCCCC(=O)O.[Na+].[Na+]. The molecule has 0 aliphatic carbocycles. The van der Waals surface area contributed by atoms with Crippen LogP contribution in [0.1, 0.15) is 51.5 Å². The molecular formula is C20H21NNa2O8S2. The van der Waals surface area contributed by atoms with Gasteiger partial charge in [-0.1, -0.05) is 25.8 Å². The summed E-state index contributed by atoms with van der Waals surface area (Å²) < 4.78 is 70.4. The van der Waals surface area contributed by atoms with E-state index in [0.29, 0.717) is 43.0 Å². The first-order valence-corrected chi connectivity index (χ1v) is 12.4. The minimum absolute atomic E-state index is 0. The topological polar surface area (TPSA) is 164 Å². The molecule has 33 heavy (non-hydrogen) atoms. The largest absolute Gasteiger partial charge is 1.00 e.